The van der Waals surface area contributed by atoms with Crippen molar-refractivity contribution in [2.75, 3.05) is 38.2 Å². The number of piperazine rings is 1. The molecule has 1 fully saturated rings. The molecule has 0 spiro atoms. The van der Waals surface area contributed by atoms with Gasteiger partial charge in [-0.2, -0.15) is 0 Å². The summed E-state index contributed by atoms with van der Waals surface area (Å²) >= 11 is 0. The van der Waals surface area contributed by atoms with Gasteiger partial charge in [-0.3, -0.25) is 4.79 Å². The summed E-state index contributed by atoms with van der Waals surface area (Å²) in [4.78, 5) is 30.5. The van der Waals surface area contributed by atoms with Crippen LogP contribution < -0.4 is 9.64 Å². The fourth-order valence-electron chi connectivity index (χ4n) is 4.91. The second-order valence-electron chi connectivity index (χ2n) is 9.54. The second kappa shape index (κ2) is 10.6. The van der Waals surface area contributed by atoms with Gasteiger partial charge >= 0.3 is 5.97 Å². The summed E-state index contributed by atoms with van der Waals surface area (Å²) in [5.74, 6) is -0.0840. The van der Waals surface area contributed by atoms with Crippen LogP contribution in [-0.4, -0.2) is 65.3 Å². The number of anilines is 1. The Labute approximate surface area is 220 Å². The highest BCUT2D eigenvalue weighted by Gasteiger charge is 2.26. The summed E-state index contributed by atoms with van der Waals surface area (Å²) in [6.07, 6.45) is 1.55. The van der Waals surface area contributed by atoms with E-state index in [0.29, 0.717) is 31.9 Å². The highest BCUT2D eigenvalue weighted by Crippen LogP contribution is 2.29. The van der Waals surface area contributed by atoms with E-state index in [-0.39, 0.29) is 24.4 Å². The molecular formula is C29H31FN4O4. The van der Waals surface area contributed by atoms with Crippen LogP contribution in [0.1, 0.15) is 24.3 Å². The van der Waals surface area contributed by atoms with E-state index < -0.39 is 5.97 Å². The second-order valence-corrected chi connectivity index (χ2v) is 9.54. The molecule has 1 saturated heterocycles. The van der Waals surface area contributed by atoms with E-state index in [0.717, 1.165) is 28.2 Å². The molecule has 0 aliphatic carbocycles. The largest absolute Gasteiger partial charge is 0.495 e. The summed E-state index contributed by atoms with van der Waals surface area (Å²) in [7, 11) is 1.65. The molecule has 2 aromatic carbocycles. The van der Waals surface area contributed by atoms with Gasteiger partial charge in [0, 0.05) is 38.1 Å². The van der Waals surface area contributed by atoms with Crippen molar-refractivity contribution in [2.24, 2.45) is 0 Å². The van der Waals surface area contributed by atoms with E-state index >= 15 is 0 Å². The van der Waals surface area contributed by atoms with Crippen LogP contribution in [0.15, 0.2) is 66.9 Å². The van der Waals surface area contributed by atoms with Gasteiger partial charge in [-0.15, -0.1) is 0 Å². The molecule has 198 valence electrons. The lowest BCUT2D eigenvalue weighted by Crippen LogP contribution is -2.49. The molecule has 0 bridgehead atoms. The third-order valence-electron chi connectivity index (χ3n) is 6.77. The van der Waals surface area contributed by atoms with Crippen molar-refractivity contribution in [3.63, 3.8) is 0 Å². The number of esters is 1. The summed E-state index contributed by atoms with van der Waals surface area (Å²) < 4.78 is 28.1. The van der Waals surface area contributed by atoms with Gasteiger partial charge in [0.05, 0.1) is 29.9 Å². The van der Waals surface area contributed by atoms with E-state index in [1.54, 1.807) is 43.7 Å². The predicted molar refractivity (Wildman–Crippen MR) is 144 cm³/mol. The molecule has 0 unspecified atom stereocenters. The molecule has 0 saturated carbocycles. The van der Waals surface area contributed by atoms with Gasteiger partial charge < -0.3 is 28.4 Å². The number of nitrogens with zero attached hydrogens (tertiary/aromatic N) is 4. The predicted octanol–water partition coefficient (Wildman–Crippen LogP) is 4.49. The van der Waals surface area contributed by atoms with Gasteiger partial charge in [0.1, 0.15) is 23.8 Å². The number of methoxy groups -OCH3 is 1. The fraction of sp³-hybridized carbons (Fsp3) is 0.310. The number of aromatic nitrogens is 2. The molecule has 5 rings (SSSR count). The zero-order valence-electron chi connectivity index (χ0n) is 21.8. The van der Waals surface area contributed by atoms with E-state index in [1.807, 2.05) is 46.0 Å². The van der Waals surface area contributed by atoms with Crippen LogP contribution in [0.25, 0.3) is 16.7 Å². The lowest BCUT2D eigenvalue weighted by molar-refractivity contribution is -0.132. The molecule has 38 heavy (non-hydrogen) atoms. The van der Waals surface area contributed by atoms with Gasteiger partial charge in [-0.05, 0) is 62.4 Å². The summed E-state index contributed by atoms with van der Waals surface area (Å²) in [6.45, 7) is 6.06. The number of hydrogen-bond donors (Lipinski definition) is 0. The van der Waals surface area contributed by atoms with Crippen LogP contribution in [0.3, 0.4) is 0 Å². The average molecular weight is 519 g/mol. The molecule has 3 heterocycles. The fourth-order valence-corrected chi connectivity index (χ4v) is 4.91. The first-order chi connectivity index (χ1) is 18.4. The van der Waals surface area contributed by atoms with Gasteiger partial charge in [0.2, 0.25) is 5.91 Å². The Morgan fingerprint density at radius 1 is 0.947 bits per heavy atom. The lowest BCUT2D eigenvalue weighted by atomic mass is 10.2. The van der Waals surface area contributed by atoms with E-state index in [9.17, 15) is 14.0 Å². The summed E-state index contributed by atoms with van der Waals surface area (Å²) in [5.41, 5.74) is 3.53. The summed E-state index contributed by atoms with van der Waals surface area (Å²) in [5, 5.41) is 0. The van der Waals surface area contributed by atoms with Crippen molar-refractivity contribution in [3.05, 3.63) is 78.4 Å². The lowest BCUT2D eigenvalue weighted by Gasteiger charge is -2.36. The number of amides is 1. The van der Waals surface area contributed by atoms with Crippen molar-refractivity contribution in [3.8, 4) is 11.4 Å². The first-order valence-corrected chi connectivity index (χ1v) is 12.7. The summed E-state index contributed by atoms with van der Waals surface area (Å²) in [6, 6.07) is 17.6. The van der Waals surface area contributed by atoms with Gasteiger partial charge in [0.25, 0.3) is 0 Å². The Bertz CT molecular complexity index is 1450. The minimum atomic E-state index is -0.490. The first-order valence-electron chi connectivity index (χ1n) is 12.7. The highest BCUT2D eigenvalue weighted by molar-refractivity contribution is 5.96. The molecule has 8 nitrogen and oxygen atoms in total. The molecule has 4 aromatic rings. The monoisotopic (exact) mass is 518 g/mol. The normalized spacial score (nSPS) is 13.8. The van der Waals surface area contributed by atoms with Crippen LogP contribution >= 0.6 is 0 Å². The molecule has 1 amide bonds. The Hall–Kier alpha value is -4.27. The number of ether oxygens (including phenoxy) is 2. The van der Waals surface area contributed by atoms with Crippen molar-refractivity contribution in [2.45, 2.75) is 26.5 Å². The van der Waals surface area contributed by atoms with Crippen LogP contribution in [0, 0.1) is 5.82 Å². The van der Waals surface area contributed by atoms with Gasteiger partial charge in [-0.25, -0.2) is 9.18 Å². The molecule has 1 aliphatic heterocycles. The van der Waals surface area contributed by atoms with Crippen molar-refractivity contribution >= 4 is 28.6 Å². The van der Waals surface area contributed by atoms with Crippen LogP contribution in [0.4, 0.5) is 10.1 Å². The van der Waals surface area contributed by atoms with Crippen LogP contribution in [-0.2, 0) is 16.1 Å². The SMILES string of the molecule is COc1ccccc1N1CCN(C(=O)Cn2c(C(=O)OC(C)C)cc3c2ccn3-c2ccc(F)cc2)CC1. The number of fused-ring (bicyclic) bond motifs is 1. The number of carbonyl (C=O) groups is 2. The van der Waals surface area contributed by atoms with Crippen LogP contribution in [0.2, 0.25) is 0 Å². The number of hydrogen-bond acceptors (Lipinski definition) is 5. The molecule has 1 aliphatic rings. The Morgan fingerprint density at radius 2 is 1.66 bits per heavy atom. The van der Waals surface area contributed by atoms with Crippen molar-refractivity contribution < 1.29 is 23.5 Å². The quantitative estimate of drug-likeness (QED) is 0.337. The average Bonchev–Trinajstić information content (AvgIpc) is 3.49. The number of carbonyl (C=O) groups excluding carboxylic acids is 2. The maximum atomic E-state index is 13.5. The minimum Gasteiger partial charge on any atom is -0.495 e. The molecule has 9 heteroatoms. The van der Waals surface area contributed by atoms with E-state index in [1.165, 1.54) is 12.1 Å². The third-order valence-corrected chi connectivity index (χ3v) is 6.77. The van der Waals surface area contributed by atoms with Crippen molar-refractivity contribution in [1.82, 2.24) is 14.0 Å². The standard InChI is InChI=1S/C29H31FN4O4/c1-20(2)38-29(36)26-18-25-23(12-13-33(25)22-10-8-21(30)9-11-22)34(26)19-28(35)32-16-14-31(15-17-32)24-6-4-5-7-27(24)37-3/h4-13,18,20H,14-17,19H2,1-3H3. The van der Waals surface area contributed by atoms with Gasteiger partial charge in [-0.1, -0.05) is 12.1 Å². The van der Waals surface area contributed by atoms with Crippen molar-refractivity contribution in [1.29, 1.82) is 0 Å². The Balaban J connectivity index is 1.39. The highest BCUT2D eigenvalue weighted by atomic mass is 19.1. The Morgan fingerprint density at radius 3 is 2.34 bits per heavy atom. The number of para-hydroxylation sites is 2. The molecule has 0 atom stereocenters. The number of halogens is 1. The van der Waals surface area contributed by atoms with Crippen LogP contribution in [0.5, 0.6) is 5.75 Å². The molecule has 0 N–H and O–H groups in total. The first kappa shape index (κ1) is 25.4. The molecular weight excluding hydrogens is 487 g/mol. The third kappa shape index (κ3) is 4.96. The zero-order chi connectivity index (χ0) is 26.8. The maximum Gasteiger partial charge on any atom is 0.355 e. The topological polar surface area (TPSA) is 68.9 Å². The number of benzene rings is 2. The maximum absolute atomic E-state index is 13.5. The van der Waals surface area contributed by atoms with E-state index in [4.69, 9.17) is 9.47 Å². The molecule has 2 aromatic heterocycles. The number of rotatable bonds is 7. The Kier molecular flexibility index (Phi) is 7.09. The van der Waals surface area contributed by atoms with E-state index in [2.05, 4.69) is 4.90 Å². The molecule has 0 radical (unpaired) electrons. The smallest absolute Gasteiger partial charge is 0.355 e. The van der Waals surface area contributed by atoms with Gasteiger partial charge in [0.15, 0.2) is 0 Å². The minimum absolute atomic E-state index is 0.00805. The zero-order valence-corrected chi connectivity index (χ0v) is 21.8.